The van der Waals surface area contributed by atoms with Gasteiger partial charge in [-0.15, -0.1) is 0 Å². The molecule has 0 fully saturated rings. The minimum Gasteiger partial charge on any atom is -0.756 e. The van der Waals surface area contributed by atoms with Crippen LogP contribution in [0.4, 0.5) is 0 Å². The van der Waals surface area contributed by atoms with E-state index in [1.54, 1.807) is 6.08 Å². The molecule has 0 saturated carbocycles. The lowest BCUT2D eigenvalue weighted by Crippen LogP contribution is -2.47. The molecule has 0 saturated heterocycles. The fraction of sp³-hybridized carbons (Fsp3) is 0.692. The maximum Gasteiger partial charge on any atom is 0.306 e. The summed E-state index contributed by atoms with van der Waals surface area (Å²) in [5, 5.41) is 3.00. The smallest absolute Gasteiger partial charge is 0.306 e. The van der Waals surface area contributed by atoms with Gasteiger partial charge in [-0.1, -0.05) is 227 Å². The molecule has 0 bridgehead atoms. The molecule has 0 spiro atoms. The summed E-state index contributed by atoms with van der Waals surface area (Å²) in [4.78, 5) is 39.9. The SMILES string of the molecule is CC/C=C\C/C=C\C/C=C\C/C=C\C/C=C\CCCC(=O)OC(/C=C\CCCCCCCCCCC)C(COP(=O)([O-])OCC[N+](C)(C)C)NC(=O)CCCCCCCCCC/C=C\C/C=C\C/C=C\CCCCC. The molecule has 1 N–H and O–H groups in total. The molecule has 9 nitrogen and oxygen atoms in total. The second kappa shape index (κ2) is 54.0. The maximum absolute atomic E-state index is 13.5. The topological polar surface area (TPSA) is 114 Å². The van der Waals surface area contributed by atoms with Crippen molar-refractivity contribution in [2.75, 3.05) is 40.9 Å². The molecule has 0 aromatic heterocycles. The highest BCUT2D eigenvalue weighted by molar-refractivity contribution is 7.45. The average molecular weight is 1070 g/mol. The van der Waals surface area contributed by atoms with Gasteiger partial charge in [-0.05, 0) is 109 Å². The molecule has 0 rings (SSSR count). The first-order valence-electron chi connectivity index (χ1n) is 30.2. The van der Waals surface area contributed by atoms with Crippen molar-refractivity contribution in [2.45, 2.75) is 251 Å². The summed E-state index contributed by atoms with van der Waals surface area (Å²) < 4.78 is 30.2. The Morgan fingerprint density at radius 2 is 0.867 bits per heavy atom. The van der Waals surface area contributed by atoms with Gasteiger partial charge >= 0.3 is 5.97 Å². The van der Waals surface area contributed by atoms with Crippen LogP contribution >= 0.6 is 7.82 Å². The van der Waals surface area contributed by atoms with E-state index in [0.29, 0.717) is 23.9 Å². The van der Waals surface area contributed by atoms with E-state index < -0.39 is 32.5 Å². The highest BCUT2D eigenvalue weighted by atomic mass is 31.2. The van der Waals surface area contributed by atoms with E-state index in [2.05, 4.69) is 123 Å². The number of nitrogens with zero attached hydrogens (tertiary/aromatic N) is 1. The van der Waals surface area contributed by atoms with Crippen molar-refractivity contribution < 1.29 is 37.3 Å². The van der Waals surface area contributed by atoms with Crippen molar-refractivity contribution in [1.82, 2.24) is 5.32 Å². The van der Waals surface area contributed by atoms with Crippen molar-refractivity contribution in [3.05, 3.63) is 109 Å². The lowest BCUT2D eigenvalue weighted by atomic mass is 10.0. The number of phosphoric acid groups is 1. The van der Waals surface area contributed by atoms with Gasteiger partial charge in [-0.3, -0.25) is 14.2 Å². The summed E-state index contributed by atoms with van der Waals surface area (Å²) in [7, 11) is 1.13. The monoisotopic (exact) mass is 1060 g/mol. The molecule has 10 heteroatoms. The minimum atomic E-state index is -4.72. The summed E-state index contributed by atoms with van der Waals surface area (Å²) in [6.07, 6.45) is 73.5. The van der Waals surface area contributed by atoms with E-state index in [4.69, 9.17) is 13.8 Å². The Hall–Kier alpha value is -3.33. The van der Waals surface area contributed by atoms with E-state index in [0.717, 1.165) is 103 Å². The summed E-state index contributed by atoms with van der Waals surface area (Å²) in [6, 6.07) is -0.922. The van der Waals surface area contributed by atoms with E-state index in [1.165, 1.54) is 96.3 Å². The van der Waals surface area contributed by atoms with Gasteiger partial charge in [0.15, 0.2) is 0 Å². The van der Waals surface area contributed by atoms with Crippen LogP contribution in [0.1, 0.15) is 239 Å². The van der Waals surface area contributed by atoms with Gasteiger partial charge in [0.1, 0.15) is 19.3 Å². The highest BCUT2D eigenvalue weighted by Gasteiger charge is 2.27. The van der Waals surface area contributed by atoms with Gasteiger partial charge < -0.3 is 28.5 Å². The second-order valence-electron chi connectivity index (χ2n) is 21.1. The molecular formula is C65H113N2O7P. The Morgan fingerprint density at radius 1 is 0.480 bits per heavy atom. The van der Waals surface area contributed by atoms with Crippen LogP contribution in [-0.2, 0) is 27.9 Å². The molecule has 0 heterocycles. The summed E-state index contributed by atoms with van der Waals surface area (Å²) in [6.45, 7) is 6.64. The number of quaternary nitrogens is 1. The third-order valence-electron chi connectivity index (χ3n) is 12.7. The quantitative estimate of drug-likeness (QED) is 0.0212. The molecule has 430 valence electrons. The third-order valence-corrected chi connectivity index (χ3v) is 13.7. The number of nitrogens with one attached hydrogen (secondary N) is 1. The fourth-order valence-corrected chi connectivity index (χ4v) is 8.76. The van der Waals surface area contributed by atoms with Crippen LogP contribution in [0.2, 0.25) is 0 Å². The average Bonchev–Trinajstić information content (AvgIpc) is 3.37. The number of ether oxygens (including phenoxy) is 1. The molecule has 3 atom stereocenters. The zero-order valence-corrected chi connectivity index (χ0v) is 49.9. The summed E-state index contributed by atoms with van der Waals surface area (Å²) >= 11 is 0. The largest absolute Gasteiger partial charge is 0.756 e. The predicted octanol–water partition coefficient (Wildman–Crippen LogP) is 17.9. The normalized spacial score (nSPS) is 14.5. The Labute approximate surface area is 461 Å². The summed E-state index contributed by atoms with van der Waals surface area (Å²) in [5.74, 6) is -0.625. The van der Waals surface area contributed by atoms with E-state index in [1.807, 2.05) is 27.2 Å². The van der Waals surface area contributed by atoms with Gasteiger partial charge in [0.25, 0.3) is 7.82 Å². The van der Waals surface area contributed by atoms with Crippen molar-refractivity contribution in [3.63, 3.8) is 0 Å². The van der Waals surface area contributed by atoms with E-state index in [-0.39, 0.29) is 18.9 Å². The molecule has 0 aromatic rings. The highest BCUT2D eigenvalue weighted by Crippen LogP contribution is 2.38. The van der Waals surface area contributed by atoms with Gasteiger partial charge in [-0.25, -0.2) is 0 Å². The number of carbonyl (C=O) groups is 2. The molecule has 0 aliphatic heterocycles. The van der Waals surface area contributed by atoms with Gasteiger partial charge in [0.2, 0.25) is 5.91 Å². The lowest BCUT2D eigenvalue weighted by Gasteiger charge is -2.30. The number of unbranched alkanes of at least 4 members (excludes halogenated alkanes) is 21. The first-order chi connectivity index (χ1) is 36.4. The van der Waals surface area contributed by atoms with Crippen LogP contribution in [0.5, 0.6) is 0 Å². The van der Waals surface area contributed by atoms with Crippen LogP contribution in [0.25, 0.3) is 0 Å². The van der Waals surface area contributed by atoms with Crippen LogP contribution < -0.4 is 10.2 Å². The zero-order valence-electron chi connectivity index (χ0n) is 49.0. The molecule has 1 amide bonds. The van der Waals surface area contributed by atoms with Gasteiger partial charge in [-0.2, -0.15) is 0 Å². The number of carbonyl (C=O) groups excluding carboxylic acids is 2. The van der Waals surface area contributed by atoms with Crippen molar-refractivity contribution in [2.24, 2.45) is 0 Å². The molecule has 0 aliphatic carbocycles. The maximum atomic E-state index is 13.5. The predicted molar refractivity (Wildman–Crippen MR) is 320 cm³/mol. The number of allylic oxidation sites excluding steroid dienone is 17. The Balaban J connectivity index is 5.34. The molecule has 0 aliphatic rings. The molecule has 3 unspecified atom stereocenters. The number of esters is 1. The van der Waals surface area contributed by atoms with Crippen molar-refractivity contribution in [1.29, 1.82) is 0 Å². The number of likely N-dealkylation sites (N-methyl/N-ethyl adjacent to an activating group) is 1. The molecule has 75 heavy (non-hydrogen) atoms. The third kappa shape index (κ3) is 55.2. The van der Waals surface area contributed by atoms with Crippen molar-refractivity contribution in [3.8, 4) is 0 Å². The Bertz CT molecular complexity index is 1650. The van der Waals surface area contributed by atoms with Crippen LogP contribution in [0.3, 0.4) is 0 Å². The standard InChI is InChI=1S/C65H113N2O7P/c1-7-10-13-16-19-22-25-27-29-31-32-33-34-36-37-39-42-45-48-51-54-57-64(68)66-62(61-73-75(70,71)72-60-59-67(4,5)6)63(56-53-50-47-44-41-24-21-18-15-12-9-3)74-65(69)58-55-52-49-46-43-40-38-35-30-28-26-23-20-17-14-11-8-2/h11,14,19-20,22-23,27-30,32-33,38,40,46,49,53,56,62-63H,7-10,12-13,15-18,21,24-26,31,34-37,39,41-45,47-48,50-52,54-55,57-61H2,1-6H3,(H-,66,68,70,71)/b14-11-,22-19-,23-20-,29-27-,30-28-,33-32-,40-38-,49-46-,56-53-. The summed E-state index contributed by atoms with van der Waals surface area (Å²) in [5.41, 5.74) is 0. The van der Waals surface area contributed by atoms with Crippen LogP contribution in [-0.4, -0.2) is 69.4 Å². The number of amides is 1. The first kappa shape index (κ1) is 71.7. The fourth-order valence-electron chi connectivity index (χ4n) is 8.03. The van der Waals surface area contributed by atoms with Crippen LogP contribution in [0, 0.1) is 0 Å². The number of rotatable bonds is 53. The second-order valence-corrected chi connectivity index (χ2v) is 22.5. The molecule has 0 aromatic carbocycles. The Kier molecular flexibility index (Phi) is 51.6. The first-order valence-corrected chi connectivity index (χ1v) is 31.7. The minimum absolute atomic E-state index is 0.0382. The van der Waals surface area contributed by atoms with Crippen LogP contribution in [0.15, 0.2) is 109 Å². The number of phosphoric ester groups is 1. The van der Waals surface area contributed by atoms with E-state index >= 15 is 0 Å². The van der Waals surface area contributed by atoms with Gasteiger partial charge in [0.05, 0.1) is 33.8 Å². The lowest BCUT2D eigenvalue weighted by molar-refractivity contribution is -0.870. The number of hydrogen-bond acceptors (Lipinski definition) is 7. The van der Waals surface area contributed by atoms with Crippen molar-refractivity contribution >= 4 is 19.7 Å². The molecular weight excluding hydrogens is 952 g/mol. The van der Waals surface area contributed by atoms with E-state index in [9.17, 15) is 19.0 Å². The number of hydrogen-bond donors (Lipinski definition) is 1. The van der Waals surface area contributed by atoms with Gasteiger partial charge in [0, 0.05) is 12.8 Å². The Morgan fingerprint density at radius 3 is 1.33 bits per heavy atom. The molecule has 0 radical (unpaired) electrons. The zero-order chi connectivity index (χ0) is 55.0.